The fourth-order valence-corrected chi connectivity index (χ4v) is 5.51. The standard InChI is InChI=1S/C24H28N2O6S/c1-31-19-7-4-8-21(13-19)33(29,30)26-22-10-9-20(32-23(22)15-27)14-24(28)25-18-11-16-5-2-3-6-17(16)12-18/h2-10,13,18,20,22-23,26-27H,11-12,14-15H2,1H3,(H,25,28)/t20-,22+,23-/m1/s1. The Labute approximate surface area is 193 Å². The molecular formula is C24H28N2O6S. The summed E-state index contributed by atoms with van der Waals surface area (Å²) in [7, 11) is -2.41. The van der Waals surface area contributed by atoms with Crippen LogP contribution in [0.2, 0.25) is 0 Å². The summed E-state index contributed by atoms with van der Waals surface area (Å²) >= 11 is 0. The van der Waals surface area contributed by atoms with Crippen LogP contribution in [-0.4, -0.2) is 57.4 Å². The summed E-state index contributed by atoms with van der Waals surface area (Å²) in [5.41, 5.74) is 2.51. The number of aliphatic hydroxyl groups is 1. The van der Waals surface area contributed by atoms with E-state index >= 15 is 0 Å². The number of carbonyl (C=O) groups is 1. The Morgan fingerprint density at radius 1 is 1.12 bits per heavy atom. The Morgan fingerprint density at radius 3 is 2.52 bits per heavy atom. The molecular weight excluding hydrogens is 444 g/mol. The van der Waals surface area contributed by atoms with Crippen molar-refractivity contribution in [1.29, 1.82) is 0 Å². The molecule has 0 saturated carbocycles. The highest BCUT2D eigenvalue weighted by Crippen LogP contribution is 2.23. The first kappa shape index (κ1) is 23.4. The second kappa shape index (κ2) is 10.0. The first-order chi connectivity index (χ1) is 15.9. The normalized spacial score (nSPS) is 22.7. The highest BCUT2D eigenvalue weighted by Gasteiger charge is 2.32. The Balaban J connectivity index is 1.35. The van der Waals surface area contributed by atoms with Crippen molar-refractivity contribution in [3.63, 3.8) is 0 Å². The molecule has 0 fully saturated rings. The minimum atomic E-state index is -3.87. The number of fused-ring (bicyclic) bond motifs is 1. The Bertz CT molecular complexity index is 1110. The molecule has 0 saturated heterocycles. The lowest BCUT2D eigenvalue weighted by atomic mass is 10.1. The van der Waals surface area contributed by atoms with Gasteiger partial charge in [0.1, 0.15) is 11.9 Å². The number of amides is 1. The summed E-state index contributed by atoms with van der Waals surface area (Å²) < 4.78 is 39.0. The van der Waals surface area contributed by atoms with Crippen molar-refractivity contribution in [2.24, 2.45) is 0 Å². The lowest BCUT2D eigenvalue weighted by molar-refractivity contribution is -0.125. The maximum Gasteiger partial charge on any atom is 0.241 e. The van der Waals surface area contributed by atoms with Gasteiger partial charge in [-0.05, 0) is 36.1 Å². The van der Waals surface area contributed by atoms with E-state index in [2.05, 4.69) is 22.2 Å². The molecule has 33 heavy (non-hydrogen) atoms. The van der Waals surface area contributed by atoms with Crippen LogP contribution in [0, 0.1) is 0 Å². The summed E-state index contributed by atoms with van der Waals surface area (Å²) in [5.74, 6) is 0.276. The van der Waals surface area contributed by atoms with E-state index in [1.165, 1.54) is 30.4 Å². The quantitative estimate of drug-likeness (QED) is 0.500. The molecule has 3 atom stereocenters. The maximum atomic E-state index is 12.8. The minimum absolute atomic E-state index is 0.0472. The molecule has 2 aromatic carbocycles. The van der Waals surface area contributed by atoms with Crippen LogP contribution >= 0.6 is 0 Å². The van der Waals surface area contributed by atoms with Crippen LogP contribution in [0.3, 0.4) is 0 Å². The van der Waals surface area contributed by atoms with Gasteiger partial charge in [-0.15, -0.1) is 0 Å². The van der Waals surface area contributed by atoms with Gasteiger partial charge in [0, 0.05) is 12.1 Å². The van der Waals surface area contributed by atoms with Crippen LogP contribution in [0.5, 0.6) is 5.75 Å². The Kier molecular flexibility index (Phi) is 7.14. The van der Waals surface area contributed by atoms with Gasteiger partial charge in [0.25, 0.3) is 0 Å². The predicted molar refractivity (Wildman–Crippen MR) is 122 cm³/mol. The molecule has 3 N–H and O–H groups in total. The van der Waals surface area contributed by atoms with Crippen molar-refractivity contribution in [1.82, 2.24) is 10.0 Å². The summed E-state index contributed by atoms with van der Waals surface area (Å²) in [4.78, 5) is 12.6. The van der Waals surface area contributed by atoms with Crippen molar-refractivity contribution in [2.45, 2.75) is 48.4 Å². The fourth-order valence-electron chi connectivity index (χ4n) is 4.26. The van der Waals surface area contributed by atoms with Crippen molar-refractivity contribution >= 4 is 15.9 Å². The van der Waals surface area contributed by atoms with Crippen LogP contribution in [0.4, 0.5) is 0 Å². The number of ether oxygens (including phenoxy) is 2. The molecule has 8 nitrogen and oxygen atoms in total. The van der Waals surface area contributed by atoms with Crippen LogP contribution in [0.1, 0.15) is 17.5 Å². The Hall–Kier alpha value is -2.72. The molecule has 1 heterocycles. The molecule has 0 bridgehead atoms. The molecule has 0 aromatic heterocycles. The average molecular weight is 473 g/mol. The van der Waals surface area contributed by atoms with Gasteiger partial charge in [-0.25, -0.2) is 13.1 Å². The average Bonchev–Trinajstić information content (AvgIpc) is 3.22. The van der Waals surface area contributed by atoms with Gasteiger partial charge < -0.3 is 19.9 Å². The molecule has 1 amide bonds. The smallest absolute Gasteiger partial charge is 0.241 e. The number of rotatable bonds is 8. The third kappa shape index (κ3) is 5.62. The number of aliphatic hydroxyl groups excluding tert-OH is 1. The topological polar surface area (TPSA) is 114 Å². The van der Waals surface area contributed by atoms with Gasteiger partial charge in [0.15, 0.2) is 0 Å². The zero-order valence-electron chi connectivity index (χ0n) is 18.3. The molecule has 2 aliphatic rings. The van der Waals surface area contributed by atoms with E-state index in [0.717, 1.165) is 12.8 Å². The van der Waals surface area contributed by atoms with Gasteiger partial charge >= 0.3 is 0 Å². The molecule has 9 heteroatoms. The zero-order valence-corrected chi connectivity index (χ0v) is 19.1. The van der Waals surface area contributed by atoms with Crippen molar-refractivity contribution < 1.29 is 27.8 Å². The highest BCUT2D eigenvalue weighted by molar-refractivity contribution is 7.89. The van der Waals surface area contributed by atoms with Gasteiger partial charge in [0.05, 0.1) is 37.2 Å². The van der Waals surface area contributed by atoms with E-state index in [4.69, 9.17) is 9.47 Å². The monoisotopic (exact) mass is 472 g/mol. The highest BCUT2D eigenvalue weighted by atomic mass is 32.2. The lowest BCUT2D eigenvalue weighted by Crippen LogP contribution is -2.49. The first-order valence-corrected chi connectivity index (χ1v) is 12.3. The fraction of sp³-hybridized carbons (Fsp3) is 0.375. The van der Waals surface area contributed by atoms with E-state index in [-0.39, 0.29) is 23.3 Å². The summed E-state index contributed by atoms with van der Waals surface area (Å²) in [6.45, 7) is -0.397. The molecule has 176 valence electrons. The van der Waals surface area contributed by atoms with Gasteiger partial charge in [-0.1, -0.05) is 42.5 Å². The third-order valence-corrected chi connectivity index (χ3v) is 7.37. The van der Waals surface area contributed by atoms with Crippen molar-refractivity contribution in [3.05, 3.63) is 71.8 Å². The second-order valence-electron chi connectivity index (χ2n) is 8.25. The number of methoxy groups -OCH3 is 1. The van der Waals surface area contributed by atoms with Gasteiger partial charge in [-0.2, -0.15) is 0 Å². The maximum absolute atomic E-state index is 12.8. The van der Waals surface area contributed by atoms with Gasteiger partial charge in [0.2, 0.25) is 15.9 Å². The zero-order chi connectivity index (χ0) is 23.4. The number of hydrogen-bond acceptors (Lipinski definition) is 6. The van der Waals surface area contributed by atoms with Crippen molar-refractivity contribution in [3.8, 4) is 5.75 Å². The largest absolute Gasteiger partial charge is 0.497 e. The van der Waals surface area contributed by atoms with Crippen LogP contribution in [0.25, 0.3) is 0 Å². The van der Waals surface area contributed by atoms with Crippen LogP contribution in [-0.2, 0) is 32.4 Å². The molecule has 2 aromatic rings. The summed E-state index contributed by atoms with van der Waals surface area (Å²) in [5, 5.41) is 12.8. The van der Waals surface area contributed by atoms with Gasteiger partial charge in [-0.3, -0.25) is 4.79 Å². The predicted octanol–water partition coefficient (Wildman–Crippen LogP) is 1.33. The van der Waals surface area contributed by atoms with E-state index in [1.807, 2.05) is 12.1 Å². The lowest BCUT2D eigenvalue weighted by Gasteiger charge is -2.31. The molecule has 4 rings (SSSR count). The second-order valence-corrected chi connectivity index (χ2v) is 9.97. The molecule has 0 spiro atoms. The number of benzene rings is 2. The molecule has 1 aliphatic carbocycles. The molecule has 0 radical (unpaired) electrons. The van der Waals surface area contributed by atoms with E-state index in [9.17, 15) is 18.3 Å². The molecule has 1 aliphatic heterocycles. The summed E-state index contributed by atoms with van der Waals surface area (Å²) in [6, 6.07) is 13.5. The Morgan fingerprint density at radius 2 is 1.85 bits per heavy atom. The van der Waals surface area contributed by atoms with Crippen molar-refractivity contribution in [2.75, 3.05) is 13.7 Å². The summed E-state index contributed by atoms with van der Waals surface area (Å²) in [6.07, 6.45) is 3.62. The van der Waals surface area contributed by atoms with E-state index in [0.29, 0.717) is 5.75 Å². The number of nitrogens with one attached hydrogen (secondary N) is 2. The third-order valence-electron chi connectivity index (χ3n) is 5.91. The van der Waals surface area contributed by atoms with Crippen LogP contribution in [0.15, 0.2) is 65.6 Å². The number of hydrogen-bond donors (Lipinski definition) is 3. The van der Waals surface area contributed by atoms with Crippen LogP contribution < -0.4 is 14.8 Å². The van der Waals surface area contributed by atoms with E-state index < -0.39 is 34.9 Å². The number of sulfonamides is 1. The SMILES string of the molecule is COc1cccc(S(=O)(=O)N[C@H]2C=C[C@H](CC(=O)NC3Cc4ccccc4C3)O[C@@H]2CO)c1. The minimum Gasteiger partial charge on any atom is -0.497 e. The molecule has 0 unspecified atom stereocenters. The first-order valence-electron chi connectivity index (χ1n) is 10.8. The van der Waals surface area contributed by atoms with E-state index in [1.54, 1.807) is 24.3 Å². The number of carbonyl (C=O) groups excluding carboxylic acids is 1.